The van der Waals surface area contributed by atoms with E-state index < -0.39 is 10.8 Å². The minimum Gasteiger partial charge on any atom is -0.506 e. The number of hydrogen-bond donors (Lipinski definition) is 2. The number of nitrogens with one attached hydrogen (secondary N) is 1. The Balaban J connectivity index is 2.32. The first kappa shape index (κ1) is 15.3. The number of anilines is 1. The van der Waals surface area contributed by atoms with Crippen LogP contribution in [0.1, 0.15) is 15.9 Å². The van der Waals surface area contributed by atoms with Crippen LogP contribution in [0.3, 0.4) is 0 Å². The SMILES string of the molecule is COc1ccc(C(=O)Nc2cc(C)ccc2O)cc1[N+](=O)[O-]. The molecule has 2 rings (SSSR count). The van der Waals surface area contributed by atoms with Gasteiger partial charge < -0.3 is 15.2 Å². The van der Waals surface area contributed by atoms with E-state index in [0.717, 1.165) is 11.6 Å². The smallest absolute Gasteiger partial charge is 0.311 e. The van der Waals surface area contributed by atoms with Crippen molar-refractivity contribution in [3.8, 4) is 11.5 Å². The second kappa shape index (κ2) is 6.13. The summed E-state index contributed by atoms with van der Waals surface area (Å²) in [6.45, 7) is 1.81. The molecule has 0 atom stereocenters. The van der Waals surface area contributed by atoms with Gasteiger partial charge in [-0.1, -0.05) is 6.07 Å². The average Bonchev–Trinajstić information content (AvgIpc) is 2.50. The van der Waals surface area contributed by atoms with Gasteiger partial charge in [0, 0.05) is 11.6 Å². The van der Waals surface area contributed by atoms with Crippen LogP contribution in [0, 0.1) is 17.0 Å². The van der Waals surface area contributed by atoms with E-state index in [4.69, 9.17) is 4.74 Å². The molecule has 22 heavy (non-hydrogen) atoms. The number of aromatic hydroxyl groups is 1. The fraction of sp³-hybridized carbons (Fsp3) is 0.133. The van der Waals surface area contributed by atoms with Gasteiger partial charge in [-0.3, -0.25) is 14.9 Å². The van der Waals surface area contributed by atoms with Crippen LogP contribution in [0.25, 0.3) is 0 Å². The lowest BCUT2D eigenvalue weighted by Crippen LogP contribution is -2.12. The molecule has 0 heterocycles. The Morgan fingerprint density at radius 3 is 2.64 bits per heavy atom. The van der Waals surface area contributed by atoms with Crippen LogP contribution in [-0.2, 0) is 0 Å². The Labute approximate surface area is 126 Å². The summed E-state index contributed by atoms with van der Waals surface area (Å²) in [5.74, 6) is -0.575. The molecule has 2 aromatic rings. The van der Waals surface area contributed by atoms with Crippen LogP contribution < -0.4 is 10.1 Å². The van der Waals surface area contributed by atoms with E-state index in [-0.39, 0.29) is 28.4 Å². The van der Waals surface area contributed by atoms with Crippen molar-refractivity contribution in [2.45, 2.75) is 6.92 Å². The van der Waals surface area contributed by atoms with E-state index >= 15 is 0 Å². The maximum Gasteiger partial charge on any atom is 0.311 e. The van der Waals surface area contributed by atoms with Crippen molar-refractivity contribution in [1.82, 2.24) is 0 Å². The van der Waals surface area contributed by atoms with Crippen molar-refractivity contribution in [3.63, 3.8) is 0 Å². The number of carbonyl (C=O) groups is 1. The summed E-state index contributed by atoms with van der Waals surface area (Å²) in [6, 6.07) is 8.65. The number of ether oxygens (including phenoxy) is 1. The maximum absolute atomic E-state index is 12.2. The highest BCUT2D eigenvalue weighted by Gasteiger charge is 2.18. The Bertz CT molecular complexity index is 743. The van der Waals surface area contributed by atoms with E-state index in [2.05, 4.69) is 5.32 Å². The van der Waals surface area contributed by atoms with Gasteiger partial charge >= 0.3 is 5.69 Å². The first-order valence-electron chi connectivity index (χ1n) is 6.35. The van der Waals surface area contributed by atoms with Gasteiger partial charge in [0.05, 0.1) is 17.7 Å². The zero-order valence-electron chi connectivity index (χ0n) is 12.0. The molecule has 7 heteroatoms. The standard InChI is InChI=1S/C15H14N2O5/c1-9-3-5-13(18)11(7-9)16-15(19)10-4-6-14(22-2)12(8-10)17(20)21/h3-8,18H,1-2H3,(H,16,19). The number of nitrogens with zero attached hydrogens (tertiary/aromatic N) is 1. The van der Waals surface area contributed by atoms with E-state index in [9.17, 15) is 20.0 Å². The normalized spacial score (nSPS) is 10.1. The maximum atomic E-state index is 12.2. The molecule has 1 amide bonds. The van der Waals surface area contributed by atoms with Crippen molar-refractivity contribution in [2.75, 3.05) is 12.4 Å². The molecule has 0 saturated heterocycles. The van der Waals surface area contributed by atoms with Gasteiger partial charge in [0.15, 0.2) is 5.75 Å². The summed E-state index contributed by atoms with van der Waals surface area (Å²) in [4.78, 5) is 22.5. The van der Waals surface area contributed by atoms with Gasteiger partial charge in [0.2, 0.25) is 0 Å². The van der Waals surface area contributed by atoms with Gasteiger partial charge in [0.25, 0.3) is 5.91 Å². The minimum absolute atomic E-state index is 0.0694. The molecule has 0 aromatic heterocycles. The van der Waals surface area contributed by atoms with Crippen LogP contribution in [-0.4, -0.2) is 23.0 Å². The number of carbonyl (C=O) groups excluding carboxylic acids is 1. The van der Waals surface area contributed by atoms with Crippen molar-refractivity contribution in [2.24, 2.45) is 0 Å². The van der Waals surface area contributed by atoms with Crippen LogP contribution in [0.5, 0.6) is 11.5 Å². The second-order valence-corrected chi connectivity index (χ2v) is 4.62. The number of hydrogen-bond acceptors (Lipinski definition) is 5. The molecule has 2 N–H and O–H groups in total. The molecule has 2 aromatic carbocycles. The summed E-state index contributed by atoms with van der Waals surface area (Å²) in [6.07, 6.45) is 0. The van der Waals surface area contributed by atoms with Crippen molar-refractivity contribution >= 4 is 17.3 Å². The van der Waals surface area contributed by atoms with E-state index in [0.29, 0.717) is 0 Å². The molecule has 0 unspecified atom stereocenters. The highest BCUT2D eigenvalue weighted by atomic mass is 16.6. The molecule has 0 bridgehead atoms. The number of rotatable bonds is 4. The number of nitro benzene ring substituents is 1. The number of amides is 1. The molecule has 0 saturated carbocycles. The number of benzene rings is 2. The Hall–Kier alpha value is -3.09. The highest BCUT2D eigenvalue weighted by molar-refractivity contribution is 6.05. The quantitative estimate of drug-likeness (QED) is 0.513. The predicted octanol–water partition coefficient (Wildman–Crippen LogP) is 2.87. The summed E-state index contributed by atoms with van der Waals surface area (Å²) in [7, 11) is 1.31. The molecular formula is C15H14N2O5. The topological polar surface area (TPSA) is 102 Å². The molecule has 0 aliphatic carbocycles. The fourth-order valence-corrected chi connectivity index (χ4v) is 1.92. The monoisotopic (exact) mass is 302 g/mol. The number of phenols is 1. The minimum atomic E-state index is -0.625. The van der Waals surface area contributed by atoms with Gasteiger partial charge in [-0.2, -0.15) is 0 Å². The Morgan fingerprint density at radius 2 is 2.00 bits per heavy atom. The molecule has 0 spiro atoms. The second-order valence-electron chi connectivity index (χ2n) is 4.62. The van der Waals surface area contributed by atoms with Crippen LogP contribution in [0.15, 0.2) is 36.4 Å². The first-order chi connectivity index (χ1) is 10.4. The van der Waals surface area contributed by atoms with Crippen molar-refractivity contribution in [1.29, 1.82) is 0 Å². The molecule has 0 aliphatic heterocycles. The first-order valence-corrected chi connectivity index (χ1v) is 6.35. The number of aryl methyl sites for hydroxylation is 1. The summed E-state index contributed by atoms with van der Waals surface area (Å²) in [5.41, 5.74) is 0.884. The van der Waals surface area contributed by atoms with Crippen LogP contribution in [0.2, 0.25) is 0 Å². The van der Waals surface area contributed by atoms with E-state index in [1.54, 1.807) is 12.1 Å². The molecular weight excluding hydrogens is 288 g/mol. The van der Waals surface area contributed by atoms with Gasteiger partial charge in [-0.05, 0) is 36.8 Å². The van der Waals surface area contributed by atoms with Gasteiger partial charge in [0.1, 0.15) is 5.75 Å². The zero-order chi connectivity index (χ0) is 16.3. The largest absolute Gasteiger partial charge is 0.506 e. The third-order valence-corrected chi connectivity index (χ3v) is 3.04. The fourth-order valence-electron chi connectivity index (χ4n) is 1.92. The lowest BCUT2D eigenvalue weighted by Gasteiger charge is -2.09. The lowest BCUT2D eigenvalue weighted by molar-refractivity contribution is -0.385. The van der Waals surface area contributed by atoms with Gasteiger partial charge in [-0.15, -0.1) is 0 Å². The Kier molecular flexibility index (Phi) is 4.26. The Morgan fingerprint density at radius 1 is 1.27 bits per heavy atom. The molecule has 7 nitrogen and oxygen atoms in total. The molecule has 114 valence electrons. The summed E-state index contributed by atoms with van der Waals surface area (Å²) >= 11 is 0. The molecule has 0 fully saturated rings. The third kappa shape index (κ3) is 3.14. The van der Waals surface area contributed by atoms with Crippen LogP contribution in [0.4, 0.5) is 11.4 Å². The predicted molar refractivity (Wildman–Crippen MR) is 80.4 cm³/mol. The van der Waals surface area contributed by atoms with Gasteiger partial charge in [-0.25, -0.2) is 0 Å². The highest BCUT2D eigenvalue weighted by Crippen LogP contribution is 2.29. The average molecular weight is 302 g/mol. The van der Waals surface area contributed by atoms with Crippen molar-refractivity contribution < 1.29 is 19.6 Å². The zero-order valence-corrected chi connectivity index (χ0v) is 12.0. The number of nitro groups is 1. The number of methoxy groups -OCH3 is 1. The molecule has 0 radical (unpaired) electrons. The summed E-state index contributed by atoms with van der Waals surface area (Å²) < 4.78 is 4.88. The van der Waals surface area contributed by atoms with E-state index in [1.165, 1.54) is 25.3 Å². The summed E-state index contributed by atoms with van der Waals surface area (Å²) in [5, 5.41) is 23.2. The van der Waals surface area contributed by atoms with Crippen molar-refractivity contribution in [3.05, 3.63) is 57.6 Å². The van der Waals surface area contributed by atoms with E-state index in [1.807, 2.05) is 6.92 Å². The number of phenolic OH excluding ortho intramolecular Hbond substituents is 1. The third-order valence-electron chi connectivity index (χ3n) is 3.04. The lowest BCUT2D eigenvalue weighted by atomic mass is 10.1. The molecule has 0 aliphatic rings. The van der Waals surface area contributed by atoms with Crippen LogP contribution >= 0.6 is 0 Å².